The quantitative estimate of drug-likeness (QED) is 0.214. The molecule has 130 valence electrons. The van der Waals surface area contributed by atoms with E-state index in [2.05, 4.69) is 70.1 Å². The van der Waals surface area contributed by atoms with Crippen LogP contribution in [-0.4, -0.2) is 23.2 Å². The molecule has 1 fully saturated rings. The standard InChI is InChI=1S/C17H25Br3O2Si/c1-2-21-16-8-4-14(5-9-16)15-6-10-17(11-7-15)22-12-3-13-23(18,19)20/h4-5,8-9,15,17H,2-3,6-7,10-13H2,1H3. The van der Waals surface area contributed by atoms with E-state index in [-0.39, 0.29) is 0 Å². The maximum absolute atomic E-state index is 6.05. The van der Waals surface area contributed by atoms with Gasteiger partial charge in [0.15, 0.2) is 0 Å². The lowest BCUT2D eigenvalue weighted by Gasteiger charge is -2.29. The van der Waals surface area contributed by atoms with Crippen molar-refractivity contribution in [3.8, 4) is 5.75 Å². The molecule has 6 heteroatoms. The van der Waals surface area contributed by atoms with Crippen molar-refractivity contribution in [2.24, 2.45) is 0 Å². The van der Waals surface area contributed by atoms with E-state index in [0.29, 0.717) is 12.0 Å². The Labute approximate surface area is 164 Å². The van der Waals surface area contributed by atoms with Gasteiger partial charge in [0.25, 0.3) is 3.93 Å². The summed E-state index contributed by atoms with van der Waals surface area (Å²) in [7, 11) is 0. The van der Waals surface area contributed by atoms with E-state index in [9.17, 15) is 0 Å². The summed E-state index contributed by atoms with van der Waals surface area (Å²) in [6.07, 6.45) is 6.37. The van der Waals surface area contributed by atoms with Crippen molar-refractivity contribution < 1.29 is 9.47 Å². The number of hydrogen-bond donors (Lipinski definition) is 0. The average molecular weight is 529 g/mol. The largest absolute Gasteiger partial charge is 0.494 e. The fourth-order valence-corrected chi connectivity index (χ4v) is 6.16. The van der Waals surface area contributed by atoms with Crippen LogP contribution in [-0.2, 0) is 4.74 Å². The van der Waals surface area contributed by atoms with E-state index in [0.717, 1.165) is 31.4 Å². The molecule has 0 aromatic heterocycles. The first kappa shape index (κ1) is 20.0. The summed E-state index contributed by atoms with van der Waals surface area (Å²) in [4.78, 5) is 0. The van der Waals surface area contributed by atoms with Crippen LogP contribution in [0.15, 0.2) is 24.3 Å². The summed E-state index contributed by atoms with van der Waals surface area (Å²) >= 11 is 11.0. The Morgan fingerprint density at radius 3 is 2.26 bits per heavy atom. The second-order valence-electron chi connectivity index (χ2n) is 6.07. The lowest BCUT2D eigenvalue weighted by Crippen LogP contribution is -2.21. The molecule has 0 heterocycles. The molecule has 0 unspecified atom stereocenters. The van der Waals surface area contributed by atoms with Crippen LogP contribution in [0.25, 0.3) is 0 Å². The van der Waals surface area contributed by atoms with Crippen LogP contribution in [0, 0.1) is 0 Å². The molecule has 2 rings (SSSR count). The smallest absolute Gasteiger partial charge is 0.267 e. The Morgan fingerprint density at radius 1 is 1.04 bits per heavy atom. The maximum Gasteiger partial charge on any atom is 0.267 e. The zero-order valence-corrected chi connectivity index (χ0v) is 19.3. The molecular weight excluding hydrogens is 504 g/mol. The molecule has 1 saturated carbocycles. The van der Waals surface area contributed by atoms with Gasteiger partial charge in [-0.2, -0.15) is 0 Å². The molecule has 1 aromatic rings. The Hall–Kier alpha value is 0.637. The average Bonchev–Trinajstić information content (AvgIpc) is 2.52. The third kappa shape index (κ3) is 7.59. The van der Waals surface area contributed by atoms with E-state index in [4.69, 9.17) is 9.47 Å². The minimum absolute atomic E-state index is 0.450. The van der Waals surface area contributed by atoms with Gasteiger partial charge >= 0.3 is 0 Å². The topological polar surface area (TPSA) is 18.5 Å². The highest BCUT2D eigenvalue weighted by atomic mass is 80.0. The van der Waals surface area contributed by atoms with Crippen LogP contribution in [0.2, 0.25) is 6.04 Å². The molecule has 1 aliphatic carbocycles. The highest BCUT2D eigenvalue weighted by Gasteiger charge is 2.24. The van der Waals surface area contributed by atoms with E-state index in [1.54, 1.807) is 0 Å². The van der Waals surface area contributed by atoms with Gasteiger partial charge in [0, 0.05) is 6.61 Å². The number of benzene rings is 1. The van der Waals surface area contributed by atoms with Gasteiger partial charge in [0.05, 0.1) is 12.7 Å². The number of hydrogen-bond acceptors (Lipinski definition) is 2. The number of ether oxygens (including phenoxy) is 2. The first-order valence-electron chi connectivity index (χ1n) is 8.39. The fourth-order valence-electron chi connectivity index (χ4n) is 3.09. The summed E-state index contributed by atoms with van der Waals surface area (Å²) < 4.78 is 10.1. The maximum atomic E-state index is 6.05. The predicted molar refractivity (Wildman–Crippen MR) is 111 cm³/mol. The molecule has 0 amide bonds. The second-order valence-corrected chi connectivity index (χ2v) is 29.6. The molecule has 0 saturated heterocycles. The molecule has 0 atom stereocenters. The van der Waals surface area contributed by atoms with Crippen molar-refractivity contribution in [2.75, 3.05) is 13.2 Å². The van der Waals surface area contributed by atoms with Crippen LogP contribution in [0.4, 0.5) is 0 Å². The Balaban J connectivity index is 1.69. The van der Waals surface area contributed by atoms with Gasteiger partial charge in [-0.05, 0) is 68.7 Å². The zero-order chi connectivity index (χ0) is 16.7. The van der Waals surface area contributed by atoms with Crippen LogP contribution in [0.1, 0.15) is 50.5 Å². The normalized spacial score (nSPS) is 22.1. The molecule has 0 aliphatic heterocycles. The lowest BCUT2D eigenvalue weighted by atomic mass is 9.83. The zero-order valence-electron chi connectivity index (χ0n) is 13.6. The minimum Gasteiger partial charge on any atom is -0.494 e. The minimum atomic E-state index is -1.46. The molecule has 23 heavy (non-hydrogen) atoms. The van der Waals surface area contributed by atoms with Crippen LogP contribution in [0.5, 0.6) is 5.75 Å². The molecule has 0 radical (unpaired) electrons. The van der Waals surface area contributed by atoms with Gasteiger partial charge in [0.1, 0.15) is 5.75 Å². The van der Waals surface area contributed by atoms with Gasteiger partial charge < -0.3 is 9.47 Å². The van der Waals surface area contributed by atoms with Crippen LogP contribution in [0.3, 0.4) is 0 Å². The monoisotopic (exact) mass is 526 g/mol. The first-order valence-corrected chi connectivity index (χ1v) is 17.4. The van der Waals surface area contributed by atoms with Gasteiger partial charge in [-0.3, -0.25) is 0 Å². The summed E-state index contributed by atoms with van der Waals surface area (Å²) in [5.74, 6) is 1.65. The fraction of sp³-hybridized carbons (Fsp3) is 0.647. The van der Waals surface area contributed by atoms with E-state index in [1.165, 1.54) is 31.2 Å². The summed E-state index contributed by atoms with van der Waals surface area (Å²) in [6, 6.07) is 9.78. The Kier molecular flexibility index (Phi) is 8.63. The summed E-state index contributed by atoms with van der Waals surface area (Å²) in [5, 5.41) is 0. The third-order valence-corrected chi connectivity index (χ3v) is 8.78. The van der Waals surface area contributed by atoms with Gasteiger partial charge in [-0.25, -0.2) is 0 Å². The molecular formula is C17H25Br3O2Si. The summed E-state index contributed by atoms with van der Waals surface area (Å²) in [6.45, 7) is 3.62. The molecule has 1 aliphatic rings. The van der Waals surface area contributed by atoms with Crippen molar-refractivity contribution in [2.45, 2.75) is 57.1 Å². The lowest BCUT2D eigenvalue weighted by molar-refractivity contribution is 0.0251. The number of halogens is 3. The van der Waals surface area contributed by atoms with Gasteiger partial charge in [0.2, 0.25) is 0 Å². The highest BCUT2D eigenvalue weighted by molar-refractivity contribution is 9.72. The summed E-state index contributed by atoms with van der Waals surface area (Å²) in [5.41, 5.74) is 1.44. The van der Waals surface area contributed by atoms with Crippen LogP contribution < -0.4 is 4.74 Å². The van der Waals surface area contributed by atoms with Crippen molar-refractivity contribution >= 4 is 49.8 Å². The number of rotatable bonds is 8. The highest BCUT2D eigenvalue weighted by Crippen LogP contribution is 2.35. The molecule has 0 bridgehead atoms. The van der Waals surface area contributed by atoms with Crippen molar-refractivity contribution in [3.63, 3.8) is 0 Å². The van der Waals surface area contributed by atoms with Gasteiger partial charge in [-0.15, -0.1) is 0 Å². The van der Waals surface area contributed by atoms with E-state index < -0.39 is 3.93 Å². The molecule has 0 spiro atoms. The van der Waals surface area contributed by atoms with Gasteiger partial charge in [-0.1, -0.05) is 58.0 Å². The van der Waals surface area contributed by atoms with Crippen molar-refractivity contribution in [1.82, 2.24) is 0 Å². The van der Waals surface area contributed by atoms with E-state index >= 15 is 0 Å². The van der Waals surface area contributed by atoms with Crippen LogP contribution >= 0.6 is 45.9 Å². The Bertz CT molecular complexity index is 454. The molecule has 0 N–H and O–H groups in total. The second kappa shape index (κ2) is 9.95. The SMILES string of the molecule is CCOc1ccc(C2CCC(OCCC[Si](Br)(Br)Br)CC2)cc1. The van der Waals surface area contributed by atoms with E-state index in [1.807, 2.05) is 6.92 Å². The third-order valence-electron chi connectivity index (χ3n) is 4.29. The molecule has 1 aromatic carbocycles. The van der Waals surface area contributed by atoms with Crippen molar-refractivity contribution in [3.05, 3.63) is 29.8 Å². The first-order chi connectivity index (χ1) is 11.0. The molecule has 2 nitrogen and oxygen atoms in total. The Morgan fingerprint density at radius 2 is 1.70 bits per heavy atom. The predicted octanol–water partition coefficient (Wildman–Crippen LogP) is 6.64. The van der Waals surface area contributed by atoms with Crippen molar-refractivity contribution in [1.29, 1.82) is 0 Å².